The standard InChI is InChI=1S/C13H14N2O2/c14-10-13(8-4-5-9-13)15-12(16)17-11-6-2-1-3-7-11/h1-3,6-7H,4-5,8-9H2,(H,15,16). The summed E-state index contributed by atoms with van der Waals surface area (Å²) in [6.07, 6.45) is 2.79. The molecular formula is C13H14N2O2. The first-order valence-electron chi connectivity index (χ1n) is 5.70. The number of nitrogens with one attached hydrogen (secondary N) is 1. The lowest BCUT2D eigenvalue weighted by molar-refractivity contribution is 0.191. The van der Waals surface area contributed by atoms with Crippen molar-refractivity contribution in [2.45, 2.75) is 31.2 Å². The molecule has 1 aliphatic carbocycles. The number of hydrogen-bond donors (Lipinski definition) is 1. The van der Waals surface area contributed by atoms with Crippen molar-refractivity contribution in [1.82, 2.24) is 5.32 Å². The summed E-state index contributed by atoms with van der Waals surface area (Å²) in [5, 5.41) is 11.8. The van der Waals surface area contributed by atoms with Gasteiger partial charge < -0.3 is 10.1 Å². The van der Waals surface area contributed by atoms with Crippen LogP contribution in [0.25, 0.3) is 0 Å². The first-order chi connectivity index (χ1) is 8.24. The van der Waals surface area contributed by atoms with Crippen LogP contribution in [0.3, 0.4) is 0 Å². The lowest BCUT2D eigenvalue weighted by Crippen LogP contribution is -2.46. The number of ether oxygens (including phenoxy) is 1. The summed E-state index contributed by atoms with van der Waals surface area (Å²) in [6, 6.07) is 11.0. The second-order valence-corrected chi connectivity index (χ2v) is 4.23. The molecule has 4 nitrogen and oxygen atoms in total. The molecule has 4 heteroatoms. The van der Waals surface area contributed by atoms with Crippen molar-refractivity contribution in [3.05, 3.63) is 30.3 Å². The van der Waals surface area contributed by atoms with Crippen LogP contribution in [0.4, 0.5) is 4.79 Å². The molecule has 1 amide bonds. The van der Waals surface area contributed by atoms with Gasteiger partial charge in [-0.05, 0) is 37.8 Å². The largest absolute Gasteiger partial charge is 0.413 e. The maximum Gasteiger partial charge on any atom is 0.413 e. The molecule has 0 radical (unpaired) electrons. The summed E-state index contributed by atoms with van der Waals surface area (Å²) in [5.74, 6) is 0.482. The van der Waals surface area contributed by atoms with Crippen molar-refractivity contribution in [3.63, 3.8) is 0 Å². The zero-order chi connectivity index (χ0) is 12.1. The fourth-order valence-corrected chi connectivity index (χ4v) is 2.06. The Kier molecular flexibility index (Phi) is 3.29. The fraction of sp³-hybridized carbons (Fsp3) is 0.385. The Morgan fingerprint density at radius 1 is 1.29 bits per heavy atom. The Balaban J connectivity index is 1.96. The number of hydrogen-bond acceptors (Lipinski definition) is 3. The van der Waals surface area contributed by atoms with Crippen LogP contribution in [0, 0.1) is 11.3 Å². The molecule has 0 heterocycles. The zero-order valence-electron chi connectivity index (χ0n) is 9.48. The van der Waals surface area contributed by atoms with Crippen molar-refractivity contribution >= 4 is 6.09 Å². The van der Waals surface area contributed by atoms with Gasteiger partial charge in [0.2, 0.25) is 0 Å². The second kappa shape index (κ2) is 4.88. The molecule has 1 saturated carbocycles. The number of nitriles is 1. The number of nitrogens with zero attached hydrogens (tertiary/aromatic N) is 1. The molecule has 88 valence electrons. The topological polar surface area (TPSA) is 62.1 Å². The van der Waals surface area contributed by atoms with E-state index in [1.807, 2.05) is 6.07 Å². The summed E-state index contributed by atoms with van der Waals surface area (Å²) in [4.78, 5) is 11.6. The number of para-hydroxylation sites is 1. The number of rotatable bonds is 2. The van der Waals surface area contributed by atoms with Crippen LogP contribution < -0.4 is 10.1 Å². The van der Waals surface area contributed by atoms with Crippen molar-refractivity contribution < 1.29 is 9.53 Å². The van der Waals surface area contributed by atoms with Crippen LogP contribution in [0.5, 0.6) is 5.75 Å². The maximum atomic E-state index is 11.6. The average Bonchev–Trinajstić information content (AvgIpc) is 2.79. The Morgan fingerprint density at radius 2 is 1.94 bits per heavy atom. The van der Waals surface area contributed by atoms with Crippen LogP contribution >= 0.6 is 0 Å². The van der Waals surface area contributed by atoms with Gasteiger partial charge in [-0.3, -0.25) is 0 Å². The Morgan fingerprint density at radius 3 is 2.53 bits per heavy atom. The highest BCUT2D eigenvalue weighted by Crippen LogP contribution is 2.29. The number of carbonyl (C=O) groups excluding carboxylic acids is 1. The van der Waals surface area contributed by atoms with Gasteiger partial charge in [-0.25, -0.2) is 4.79 Å². The zero-order valence-corrected chi connectivity index (χ0v) is 9.48. The van der Waals surface area contributed by atoms with E-state index in [0.29, 0.717) is 18.6 Å². The molecule has 17 heavy (non-hydrogen) atoms. The first-order valence-corrected chi connectivity index (χ1v) is 5.70. The molecule has 1 aromatic rings. The van der Waals surface area contributed by atoms with Crippen molar-refractivity contribution in [1.29, 1.82) is 5.26 Å². The van der Waals surface area contributed by atoms with E-state index in [1.54, 1.807) is 24.3 Å². The number of carbonyl (C=O) groups is 1. The van der Waals surface area contributed by atoms with E-state index in [9.17, 15) is 4.79 Å². The van der Waals surface area contributed by atoms with Crippen molar-refractivity contribution in [3.8, 4) is 11.8 Å². The molecular weight excluding hydrogens is 216 g/mol. The van der Waals surface area contributed by atoms with Crippen LogP contribution in [-0.4, -0.2) is 11.6 Å². The van der Waals surface area contributed by atoms with Crippen LogP contribution in [0.15, 0.2) is 30.3 Å². The maximum absolute atomic E-state index is 11.6. The van der Waals surface area contributed by atoms with Gasteiger partial charge in [-0.15, -0.1) is 0 Å². The minimum atomic E-state index is -0.730. The summed E-state index contributed by atoms with van der Waals surface area (Å²) >= 11 is 0. The Labute approximate surface area is 100 Å². The van der Waals surface area contributed by atoms with Crippen LogP contribution in [-0.2, 0) is 0 Å². The summed E-state index contributed by atoms with van der Waals surface area (Å²) in [7, 11) is 0. The summed E-state index contributed by atoms with van der Waals surface area (Å²) < 4.78 is 5.10. The van der Waals surface area contributed by atoms with Gasteiger partial charge in [0.1, 0.15) is 11.3 Å². The summed E-state index contributed by atoms with van der Waals surface area (Å²) in [6.45, 7) is 0. The molecule has 0 saturated heterocycles. The Bertz CT molecular complexity index is 430. The Hall–Kier alpha value is -2.02. The minimum Gasteiger partial charge on any atom is -0.410 e. The normalized spacial score (nSPS) is 17.1. The molecule has 0 aliphatic heterocycles. The highest BCUT2D eigenvalue weighted by atomic mass is 16.6. The minimum absolute atomic E-state index is 0.482. The van der Waals surface area contributed by atoms with Gasteiger partial charge >= 0.3 is 6.09 Å². The lowest BCUT2D eigenvalue weighted by Gasteiger charge is -2.21. The van der Waals surface area contributed by atoms with Gasteiger partial charge in [-0.2, -0.15) is 5.26 Å². The van der Waals surface area contributed by atoms with E-state index in [-0.39, 0.29) is 0 Å². The average molecular weight is 230 g/mol. The third-order valence-corrected chi connectivity index (χ3v) is 2.97. The van der Waals surface area contributed by atoms with Crippen LogP contribution in [0.2, 0.25) is 0 Å². The highest BCUT2D eigenvalue weighted by molar-refractivity contribution is 5.72. The third-order valence-electron chi connectivity index (χ3n) is 2.97. The quantitative estimate of drug-likeness (QED) is 0.849. The molecule has 1 aliphatic rings. The van der Waals surface area contributed by atoms with Crippen molar-refractivity contribution in [2.75, 3.05) is 0 Å². The highest BCUT2D eigenvalue weighted by Gasteiger charge is 2.36. The monoisotopic (exact) mass is 230 g/mol. The van der Waals surface area contributed by atoms with E-state index < -0.39 is 11.6 Å². The number of benzene rings is 1. The van der Waals surface area contributed by atoms with Gasteiger partial charge in [0.15, 0.2) is 0 Å². The molecule has 2 rings (SSSR count). The molecule has 0 spiro atoms. The van der Waals surface area contributed by atoms with Gasteiger partial charge in [0.05, 0.1) is 6.07 Å². The van der Waals surface area contributed by atoms with E-state index in [4.69, 9.17) is 10.00 Å². The van der Waals surface area contributed by atoms with Gasteiger partial charge in [-0.1, -0.05) is 18.2 Å². The third kappa shape index (κ3) is 2.76. The molecule has 0 bridgehead atoms. The predicted octanol–water partition coefficient (Wildman–Crippen LogP) is 2.61. The van der Waals surface area contributed by atoms with E-state index in [2.05, 4.69) is 11.4 Å². The molecule has 0 aromatic heterocycles. The molecule has 0 unspecified atom stereocenters. The number of amides is 1. The SMILES string of the molecule is N#CC1(NC(=O)Oc2ccccc2)CCCC1. The van der Waals surface area contributed by atoms with Gasteiger partial charge in [0.25, 0.3) is 0 Å². The summed E-state index contributed by atoms with van der Waals surface area (Å²) in [5.41, 5.74) is -0.730. The molecule has 1 aromatic carbocycles. The van der Waals surface area contributed by atoms with Gasteiger partial charge in [0, 0.05) is 0 Å². The second-order valence-electron chi connectivity index (χ2n) is 4.23. The lowest BCUT2D eigenvalue weighted by atomic mass is 10.0. The van der Waals surface area contributed by atoms with E-state index in [1.165, 1.54) is 0 Å². The first kappa shape index (κ1) is 11.5. The van der Waals surface area contributed by atoms with Crippen molar-refractivity contribution in [2.24, 2.45) is 0 Å². The smallest absolute Gasteiger partial charge is 0.410 e. The van der Waals surface area contributed by atoms with Crippen LogP contribution in [0.1, 0.15) is 25.7 Å². The predicted molar refractivity (Wildman–Crippen MR) is 62.4 cm³/mol. The molecule has 1 fully saturated rings. The van der Waals surface area contributed by atoms with E-state index in [0.717, 1.165) is 12.8 Å². The molecule has 0 atom stereocenters. The molecule has 1 N–H and O–H groups in total. The van der Waals surface area contributed by atoms with E-state index >= 15 is 0 Å². The fourth-order valence-electron chi connectivity index (χ4n) is 2.06.